The molecule has 1 rings (SSSR count). The topological polar surface area (TPSA) is 8.81 Å². The van der Waals surface area contributed by atoms with Crippen LogP contribution in [0, 0.1) is 0 Å². The van der Waals surface area contributed by atoms with Crippen molar-refractivity contribution in [3.63, 3.8) is 0 Å². The molecular formula is C29H57N2+. The van der Waals surface area contributed by atoms with E-state index in [1.165, 1.54) is 148 Å². The molecule has 0 saturated carbocycles. The van der Waals surface area contributed by atoms with Crippen LogP contribution in [-0.4, -0.2) is 4.57 Å². The molecule has 0 N–H and O–H groups in total. The van der Waals surface area contributed by atoms with Crippen molar-refractivity contribution in [2.45, 2.75) is 169 Å². The van der Waals surface area contributed by atoms with Gasteiger partial charge in [0.25, 0.3) is 5.82 Å². The first-order chi connectivity index (χ1) is 15.3. The van der Waals surface area contributed by atoms with Crippen LogP contribution in [0.2, 0.25) is 0 Å². The quantitative estimate of drug-likeness (QED) is 0.120. The maximum atomic E-state index is 2.59. The lowest BCUT2D eigenvalue weighted by atomic mass is 10.1. The molecule has 0 unspecified atom stereocenters. The number of aryl methyl sites for hydroxylation is 2. The highest BCUT2D eigenvalue weighted by atomic mass is 15.1. The molecular weight excluding hydrogens is 376 g/mol. The highest BCUT2D eigenvalue weighted by molar-refractivity contribution is 4.84. The molecule has 182 valence electrons. The van der Waals surface area contributed by atoms with Crippen LogP contribution < -0.4 is 4.57 Å². The third-order valence-corrected chi connectivity index (χ3v) is 6.85. The second-order valence-electron chi connectivity index (χ2n) is 9.86. The molecule has 0 saturated heterocycles. The molecule has 0 amide bonds. The smallest absolute Gasteiger partial charge is 0.234 e. The Morgan fingerprint density at radius 3 is 1.55 bits per heavy atom. The van der Waals surface area contributed by atoms with Gasteiger partial charge in [-0.15, -0.1) is 0 Å². The van der Waals surface area contributed by atoms with Gasteiger partial charge in [-0.1, -0.05) is 117 Å². The first-order valence-electron chi connectivity index (χ1n) is 14.4. The molecule has 0 aliphatic heterocycles. The van der Waals surface area contributed by atoms with Crippen LogP contribution in [0.15, 0.2) is 12.4 Å². The predicted molar refractivity (Wildman–Crippen MR) is 138 cm³/mol. The fraction of sp³-hybridized carbons (Fsp3) is 0.897. The number of hydrogen-bond donors (Lipinski definition) is 0. The van der Waals surface area contributed by atoms with Crippen molar-refractivity contribution < 1.29 is 4.57 Å². The number of rotatable bonds is 23. The van der Waals surface area contributed by atoms with Crippen LogP contribution in [-0.2, 0) is 19.5 Å². The Bertz CT molecular complexity index is 491. The van der Waals surface area contributed by atoms with E-state index in [0.717, 1.165) is 0 Å². The largest absolute Gasteiger partial charge is 0.256 e. The summed E-state index contributed by atoms with van der Waals surface area (Å²) in [4.78, 5) is 0. The van der Waals surface area contributed by atoms with Crippen LogP contribution in [0.1, 0.15) is 155 Å². The Balaban J connectivity index is 2.32. The summed E-state index contributed by atoms with van der Waals surface area (Å²) in [6.07, 6.45) is 34.0. The van der Waals surface area contributed by atoms with E-state index in [-0.39, 0.29) is 0 Å². The van der Waals surface area contributed by atoms with Gasteiger partial charge in [0.1, 0.15) is 12.4 Å². The van der Waals surface area contributed by atoms with E-state index >= 15 is 0 Å². The van der Waals surface area contributed by atoms with Gasteiger partial charge in [-0.3, -0.25) is 0 Å². The molecule has 0 aliphatic rings. The zero-order chi connectivity index (χ0) is 22.4. The van der Waals surface area contributed by atoms with Crippen LogP contribution in [0.5, 0.6) is 0 Å². The van der Waals surface area contributed by atoms with Gasteiger partial charge in [0.2, 0.25) is 0 Å². The number of hydrogen-bond acceptors (Lipinski definition) is 0. The minimum absolute atomic E-state index is 1.21. The highest BCUT2D eigenvalue weighted by Crippen LogP contribution is 2.13. The standard InChI is InChI=1S/C29H57N2/c1-4-7-10-12-14-16-17-19-21-24-29-30(25-22-9-6-3)27-28-31(29)26-23-20-18-15-13-11-8-5-2/h27-28H,4-26H2,1-3H3/q+1. The fourth-order valence-corrected chi connectivity index (χ4v) is 4.73. The van der Waals surface area contributed by atoms with Gasteiger partial charge in [-0.25, -0.2) is 9.13 Å². The second kappa shape index (κ2) is 21.1. The zero-order valence-electron chi connectivity index (χ0n) is 21.8. The van der Waals surface area contributed by atoms with Crippen LogP contribution in [0.4, 0.5) is 0 Å². The number of unbranched alkanes of at least 4 members (excludes halogenated alkanes) is 17. The van der Waals surface area contributed by atoms with Crippen molar-refractivity contribution in [1.29, 1.82) is 0 Å². The van der Waals surface area contributed by atoms with E-state index < -0.39 is 0 Å². The van der Waals surface area contributed by atoms with E-state index in [2.05, 4.69) is 42.3 Å². The molecule has 1 aromatic heterocycles. The predicted octanol–water partition coefficient (Wildman–Crippen LogP) is 9.18. The Morgan fingerprint density at radius 1 is 0.548 bits per heavy atom. The average Bonchev–Trinajstić information content (AvgIpc) is 3.16. The summed E-state index contributed by atoms with van der Waals surface area (Å²) in [5, 5.41) is 0. The number of aromatic nitrogens is 2. The summed E-state index contributed by atoms with van der Waals surface area (Å²) in [6.45, 7) is 9.35. The van der Waals surface area contributed by atoms with Gasteiger partial charge in [0.15, 0.2) is 0 Å². The third-order valence-electron chi connectivity index (χ3n) is 6.85. The lowest BCUT2D eigenvalue weighted by Crippen LogP contribution is -2.37. The summed E-state index contributed by atoms with van der Waals surface area (Å²) >= 11 is 0. The van der Waals surface area contributed by atoms with Crippen molar-refractivity contribution in [3.8, 4) is 0 Å². The molecule has 0 aliphatic carbocycles. The van der Waals surface area contributed by atoms with Gasteiger partial charge >= 0.3 is 0 Å². The Morgan fingerprint density at radius 2 is 1.00 bits per heavy atom. The molecule has 0 aromatic carbocycles. The third kappa shape index (κ3) is 14.8. The minimum atomic E-state index is 1.21. The van der Waals surface area contributed by atoms with Crippen molar-refractivity contribution in [2.24, 2.45) is 0 Å². The molecule has 2 heteroatoms. The first-order valence-corrected chi connectivity index (χ1v) is 14.4. The molecule has 0 spiro atoms. The first kappa shape index (κ1) is 28.2. The lowest BCUT2D eigenvalue weighted by molar-refractivity contribution is -0.704. The SMILES string of the molecule is CCCCCCCCCCCc1n(CCCCCCCCCC)cc[n+]1CCCCC. The summed E-state index contributed by atoms with van der Waals surface area (Å²) in [5.74, 6) is 1.60. The summed E-state index contributed by atoms with van der Waals surface area (Å²) in [6, 6.07) is 0. The molecule has 1 aromatic rings. The van der Waals surface area contributed by atoms with Crippen molar-refractivity contribution >= 4 is 0 Å². The molecule has 2 nitrogen and oxygen atoms in total. The van der Waals surface area contributed by atoms with E-state index in [9.17, 15) is 0 Å². The van der Waals surface area contributed by atoms with E-state index in [1.54, 1.807) is 5.82 Å². The summed E-state index contributed by atoms with van der Waals surface area (Å²) in [7, 11) is 0. The minimum Gasteiger partial charge on any atom is -0.234 e. The molecule has 0 fully saturated rings. The van der Waals surface area contributed by atoms with Gasteiger partial charge in [0, 0.05) is 6.42 Å². The van der Waals surface area contributed by atoms with E-state index in [1.807, 2.05) is 0 Å². The number of nitrogens with zero attached hydrogens (tertiary/aromatic N) is 2. The van der Waals surface area contributed by atoms with Crippen LogP contribution in [0.25, 0.3) is 0 Å². The monoisotopic (exact) mass is 433 g/mol. The highest BCUT2D eigenvalue weighted by Gasteiger charge is 2.16. The summed E-state index contributed by atoms with van der Waals surface area (Å²) < 4.78 is 5.17. The van der Waals surface area contributed by atoms with E-state index in [4.69, 9.17) is 0 Å². The van der Waals surface area contributed by atoms with Gasteiger partial charge < -0.3 is 0 Å². The van der Waals surface area contributed by atoms with Crippen molar-refractivity contribution in [1.82, 2.24) is 4.57 Å². The molecule has 0 atom stereocenters. The molecule has 31 heavy (non-hydrogen) atoms. The van der Waals surface area contributed by atoms with Crippen LogP contribution >= 0.6 is 0 Å². The average molecular weight is 434 g/mol. The van der Waals surface area contributed by atoms with Gasteiger partial charge in [-0.2, -0.15) is 0 Å². The summed E-state index contributed by atoms with van der Waals surface area (Å²) in [5.41, 5.74) is 0. The van der Waals surface area contributed by atoms with Gasteiger partial charge in [0.05, 0.1) is 13.1 Å². The Kier molecular flexibility index (Phi) is 19.2. The van der Waals surface area contributed by atoms with Crippen molar-refractivity contribution in [2.75, 3.05) is 0 Å². The Labute approximate surface area is 196 Å². The Hall–Kier alpha value is -0.790. The molecule has 0 bridgehead atoms. The number of imidazole rings is 1. The van der Waals surface area contributed by atoms with Crippen molar-refractivity contribution in [3.05, 3.63) is 18.2 Å². The normalized spacial score (nSPS) is 11.5. The maximum Gasteiger partial charge on any atom is 0.256 e. The van der Waals surface area contributed by atoms with Crippen LogP contribution in [0.3, 0.4) is 0 Å². The second-order valence-corrected chi connectivity index (χ2v) is 9.86. The maximum absolute atomic E-state index is 2.59. The molecule has 1 heterocycles. The van der Waals surface area contributed by atoms with Gasteiger partial charge in [-0.05, 0) is 32.1 Å². The van der Waals surface area contributed by atoms with E-state index in [0.29, 0.717) is 0 Å². The lowest BCUT2D eigenvalue weighted by Gasteiger charge is -2.07. The molecule has 0 radical (unpaired) electrons. The fourth-order valence-electron chi connectivity index (χ4n) is 4.73. The zero-order valence-corrected chi connectivity index (χ0v) is 21.8.